The van der Waals surface area contributed by atoms with E-state index in [1.807, 2.05) is 0 Å². The van der Waals surface area contributed by atoms with Gasteiger partial charge in [0.1, 0.15) is 5.82 Å². The first-order valence-electron chi connectivity index (χ1n) is 7.68. The monoisotopic (exact) mass is 267 g/mol. The smallest absolute Gasteiger partial charge is 0.129 e. The summed E-state index contributed by atoms with van der Waals surface area (Å²) in [6.45, 7) is 5.74. The Morgan fingerprint density at radius 2 is 1.90 bits per heavy atom. The van der Waals surface area contributed by atoms with Crippen molar-refractivity contribution in [2.24, 2.45) is 0 Å². The topological polar surface area (TPSA) is 19.4 Å². The highest BCUT2D eigenvalue weighted by molar-refractivity contribution is 5.80. The molecule has 3 heteroatoms. The van der Waals surface area contributed by atoms with Crippen LogP contribution in [0.3, 0.4) is 0 Å². The maximum Gasteiger partial charge on any atom is 0.129 e. The van der Waals surface area contributed by atoms with Gasteiger partial charge in [-0.3, -0.25) is 4.90 Å². The Hall–Kier alpha value is -1.61. The van der Waals surface area contributed by atoms with Gasteiger partial charge in [-0.05, 0) is 38.0 Å². The number of para-hydroxylation sites is 1. The fourth-order valence-corrected chi connectivity index (χ4v) is 3.36. The van der Waals surface area contributed by atoms with Crippen molar-refractivity contribution >= 4 is 16.7 Å². The molecule has 2 heterocycles. The summed E-state index contributed by atoms with van der Waals surface area (Å²) in [7, 11) is 0. The average molecular weight is 267 g/mol. The molecule has 1 aliphatic carbocycles. The SMILES string of the molecule is CC1CN(c2ccc3ccccc3n2)CCN1C1CC1. The molecule has 3 nitrogen and oxygen atoms in total. The first-order chi connectivity index (χ1) is 9.81. The van der Waals surface area contributed by atoms with Gasteiger partial charge in [-0.2, -0.15) is 0 Å². The molecule has 1 saturated heterocycles. The molecule has 1 aromatic heterocycles. The maximum absolute atomic E-state index is 4.83. The highest BCUT2D eigenvalue weighted by Gasteiger charge is 2.35. The molecule has 2 aromatic rings. The zero-order valence-corrected chi connectivity index (χ0v) is 12.0. The molecule has 2 fully saturated rings. The van der Waals surface area contributed by atoms with E-state index in [9.17, 15) is 0 Å². The first-order valence-corrected chi connectivity index (χ1v) is 7.68. The molecule has 0 spiro atoms. The van der Waals surface area contributed by atoms with Crippen molar-refractivity contribution in [2.45, 2.75) is 31.8 Å². The van der Waals surface area contributed by atoms with E-state index in [1.165, 1.54) is 24.8 Å². The van der Waals surface area contributed by atoms with E-state index in [4.69, 9.17) is 4.98 Å². The Bertz CT molecular complexity index is 620. The van der Waals surface area contributed by atoms with E-state index in [1.54, 1.807) is 0 Å². The Morgan fingerprint density at radius 1 is 1.05 bits per heavy atom. The molecule has 0 bridgehead atoms. The van der Waals surface area contributed by atoms with Crippen molar-refractivity contribution in [3.63, 3.8) is 0 Å². The summed E-state index contributed by atoms with van der Waals surface area (Å²) in [6, 6.07) is 14.2. The van der Waals surface area contributed by atoms with Gasteiger partial charge in [-0.25, -0.2) is 4.98 Å². The van der Waals surface area contributed by atoms with Gasteiger partial charge in [0.05, 0.1) is 5.52 Å². The van der Waals surface area contributed by atoms with Crippen molar-refractivity contribution in [3.05, 3.63) is 36.4 Å². The zero-order chi connectivity index (χ0) is 13.5. The minimum absolute atomic E-state index is 0.643. The van der Waals surface area contributed by atoms with Crippen LogP contribution in [0, 0.1) is 0 Å². The van der Waals surface area contributed by atoms with Crippen LogP contribution < -0.4 is 4.90 Å². The van der Waals surface area contributed by atoms with Crippen molar-refractivity contribution in [3.8, 4) is 0 Å². The van der Waals surface area contributed by atoms with Gasteiger partial charge >= 0.3 is 0 Å². The maximum atomic E-state index is 4.83. The number of hydrogen-bond acceptors (Lipinski definition) is 3. The number of hydrogen-bond donors (Lipinski definition) is 0. The van der Waals surface area contributed by atoms with Crippen molar-refractivity contribution in [1.82, 2.24) is 9.88 Å². The summed E-state index contributed by atoms with van der Waals surface area (Å²) in [6.07, 6.45) is 2.80. The highest BCUT2D eigenvalue weighted by atomic mass is 15.3. The molecule has 2 aliphatic rings. The van der Waals surface area contributed by atoms with Crippen LogP contribution in [0.5, 0.6) is 0 Å². The molecule has 104 valence electrons. The number of benzene rings is 1. The van der Waals surface area contributed by atoms with Crippen LogP contribution in [-0.4, -0.2) is 41.6 Å². The predicted octanol–water partition coefficient (Wildman–Crippen LogP) is 2.91. The van der Waals surface area contributed by atoms with Crippen molar-refractivity contribution in [1.29, 1.82) is 0 Å². The number of anilines is 1. The van der Waals surface area contributed by atoms with Gasteiger partial charge in [0.2, 0.25) is 0 Å². The number of rotatable bonds is 2. The number of nitrogens with zero attached hydrogens (tertiary/aromatic N) is 3. The third-order valence-electron chi connectivity index (χ3n) is 4.60. The number of pyridine rings is 1. The Labute approximate surface area is 120 Å². The fourth-order valence-electron chi connectivity index (χ4n) is 3.36. The van der Waals surface area contributed by atoms with Gasteiger partial charge in [0, 0.05) is 37.1 Å². The summed E-state index contributed by atoms with van der Waals surface area (Å²) in [5, 5.41) is 1.22. The lowest BCUT2D eigenvalue weighted by Crippen LogP contribution is -2.52. The van der Waals surface area contributed by atoms with E-state index in [0.29, 0.717) is 6.04 Å². The molecule has 1 aromatic carbocycles. The predicted molar refractivity (Wildman–Crippen MR) is 83.1 cm³/mol. The van der Waals surface area contributed by atoms with Crippen LogP contribution in [0.15, 0.2) is 36.4 Å². The molecule has 0 amide bonds. The number of fused-ring (bicyclic) bond motifs is 1. The van der Waals surface area contributed by atoms with E-state index in [2.05, 4.69) is 53.1 Å². The Balaban J connectivity index is 1.57. The van der Waals surface area contributed by atoms with Gasteiger partial charge in [0.25, 0.3) is 0 Å². The molecule has 4 rings (SSSR count). The van der Waals surface area contributed by atoms with Crippen LogP contribution in [0.2, 0.25) is 0 Å². The van der Waals surface area contributed by atoms with Crippen LogP contribution in [0.25, 0.3) is 10.9 Å². The number of aromatic nitrogens is 1. The largest absolute Gasteiger partial charge is 0.354 e. The zero-order valence-electron chi connectivity index (χ0n) is 12.0. The Kier molecular flexibility index (Phi) is 2.88. The lowest BCUT2D eigenvalue weighted by Gasteiger charge is -2.40. The minimum Gasteiger partial charge on any atom is -0.354 e. The van der Waals surface area contributed by atoms with E-state index < -0.39 is 0 Å². The molecule has 1 atom stereocenters. The third kappa shape index (κ3) is 2.16. The molecule has 1 saturated carbocycles. The lowest BCUT2D eigenvalue weighted by atomic mass is 10.1. The van der Waals surface area contributed by atoms with Crippen LogP contribution in [0.4, 0.5) is 5.82 Å². The summed E-state index contributed by atoms with van der Waals surface area (Å²) in [4.78, 5) is 9.94. The Morgan fingerprint density at radius 3 is 2.70 bits per heavy atom. The van der Waals surface area contributed by atoms with Crippen molar-refractivity contribution in [2.75, 3.05) is 24.5 Å². The van der Waals surface area contributed by atoms with Crippen LogP contribution in [0.1, 0.15) is 19.8 Å². The molecule has 1 aliphatic heterocycles. The minimum atomic E-state index is 0.643. The molecule has 20 heavy (non-hydrogen) atoms. The molecular formula is C17H21N3. The summed E-state index contributed by atoms with van der Waals surface area (Å²) >= 11 is 0. The van der Waals surface area contributed by atoms with Gasteiger partial charge in [0.15, 0.2) is 0 Å². The normalized spacial score (nSPS) is 24.2. The van der Waals surface area contributed by atoms with Gasteiger partial charge in [-0.1, -0.05) is 18.2 Å². The standard InChI is InChI=1S/C17H21N3/c1-13-12-19(10-11-20(13)15-7-8-15)17-9-6-14-4-2-3-5-16(14)18-17/h2-6,9,13,15H,7-8,10-12H2,1H3. The second kappa shape index (κ2) is 4.74. The molecule has 0 radical (unpaired) electrons. The average Bonchev–Trinajstić information content (AvgIpc) is 3.31. The number of piperazine rings is 1. The third-order valence-corrected chi connectivity index (χ3v) is 4.60. The molecule has 1 unspecified atom stereocenters. The van der Waals surface area contributed by atoms with Crippen molar-refractivity contribution < 1.29 is 0 Å². The van der Waals surface area contributed by atoms with E-state index in [0.717, 1.165) is 30.5 Å². The van der Waals surface area contributed by atoms with Gasteiger partial charge in [-0.15, -0.1) is 0 Å². The lowest BCUT2D eigenvalue weighted by molar-refractivity contribution is 0.179. The fraction of sp³-hybridized carbons (Fsp3) is 0.471. The first kappa shape index (κ1) is 12.2. The molecular weight excluding hydrogens is 246 g/mol. The second-order valence-corrected chi connectivity index (χ2v) is 6.13. The molecule has 0 N–H and O–H groups in total. The second-order valence-electron chi connectivity index (χ2n) is 6.13. The summed E-state index contributed by atoms with van der Waals surface area (Å²) in [5.41, 5.74) is 1.10. The quantitative estimate of drug-likeness (QED) is 0.834. The van der Waals surface area contributed by atoms with Gasteiger partial charge < -0.3 is 4.90 Å². The van der Waals surface area contributed by atoms with E-state index >= 15 is 0 Å². The summed E-state index contributed by atoms with van der Waals surface area (Å²) in [5.74, 6) is 1.13. The highest BCUT2D eigenvalue weighted by Crippen LogP contribution is 2.31. The van der Waals surface area contributed by atoms with Crippen LogP contribution in [-0.2, 0) is 0 Å². The summed E-state index contributed by atoms with van der Waals surface area (Å²) < 4.78 is 0. The van der Waals surface area contributed by atoms with Crippen LogP contribution >= 0.6 is 0 Å². The van der Waals surface area contributed by atoms with E-state index in [-0.39, 0.29) is 0 Å².